The Morgan fingerprint density at radius 1 is 1.18 bits per heavy atom. The maximum atomic E-state index is 12.2. The smallest absolute Gasteiger partial charge is 0.247 e. The topological polar surface area (TPSA) is 32.3 Å². The van der Waals surface area contributed by atoms with Crippen molar-refractivity contribution in [3.05, 3.63) is 35.4 Å². The Labute approximate surface area is 134 Å². The zero-order chi connectivity index (χ0) is 15.9. The van der Waals surface area contributed by atoms with Gasteiger partial charge in [0.2, 0.25) is 5.91 Å². The van der Waals surface area contributed by atoms with E-state index in [4.69, 9.17) is 0 Å². The van der Waals surface area contributed by atoms with Crippen LogP contribution in [0.4, 0.5) is 5.69 Å². The van der Waals surface area contributed by atoms with Crippen molar-refractivity contribution in [1.82, 2.24) is 5.32 Å². The van der Waals surface area contributed by atoms with E-state index in [-0.39, 0.29) is 5.91 Å². The molecule has 0 aliphatic heterocycles. The van der Waals surface area contributed by atoms with Gasteiger partial charge in [0.1, 0.15) is 0 Å². The maximum Gasteiger partial charge on any atom is 0.247 e. The minimum absolute atomic E-state index is 0.0692. The molecule has 3 nitrogen and oxygen atoms in total. The van der Waals surface area contributed by atoms with Crippen LogP contribution in [0.1, 0.15) is 52.0 Å². The lowest BCUT2D eigenvalue weighted by Crippen LogP contribution is -2.33. The van der Waals surface area contributed by atoms with Crippen LogP contribution in [0.2, 0.25) is 0 Å². The van der Waals surface area contributed by atoms with Crippen LogP contribution >= 0.6 is 0 Å². The number of anilines is 1. The Morgan fingerprint density at radius 3 is 2.32 bits per heavy atom. The Hall–Kier alpha value is -1.77. The molecule has 120 valence electrons. The lowest BCUT2D eigenvalue weighted by molar-refractivity contribution is -0.118. The van der Waals surface area contributed by atoms with E-state index < -0.39 is 0 Å². The fourth-order valence-corrected chi connectivity index (χ4v) is 3.06. The summed E-state index contributed by atoms with van der Waals surface area (Å²) in [4.78, 5) is 14.5. The normalized spacial score (nSPS) is 15.9. The first kappa shape index (κ1) is 16.6. The predicted molar refractivity (Wildman–Crippen MR) is 94.1 cm³/mol. The summed E-state index contributed by atoms with van der Waals surface area (Å²) in [7, 11) is 0. The van der Waals surface area contributed by atoms with Crippen LogP contribution in [0, 0.1) is 0 Å². The van der Waals surface area contributed by atoms with E-state index in [1.54, 1.807) is 0 Å². The summed E-state index contributed by atoms with van der Waals surface area (Å²) in [5.41, 5.74) is 3.09. The van der Waals surface area contributed by atoms with Crippen molar-refractivity contribution < 1.29 is 4.79 Å². The molecule has 0 radical (unpaired) electrons. The molecular weight excluding hydrogens is 272 g/mol. The zero-order valence-electron chi connectivity index (χ0n) is 14.1. The molecule has 1 aromatic rings. The summed E-state index contributed by atoms with van der Waals surface area (Å²) in [6, 6.07) is 8.79. The van der Waals surface area contributed by atoms with Gasteiger partial charge < -0.3 is 10.2 Å². The Bertz CT molecular complexity index is 509. The summed E-state index contributed by atoms with van der Waals surface area (Å²) >= 11 is 0. The quantitative estimate of drug-likeness (QED) is 0.806. The molecule has 1 aliphatic rings. The molecule has 1 N–H and O–H groups in total. The molecular formula is C19H28N2O. The van der Waals surface area contributed by atoms with Crippen molar-refractivity contribution in [3.8, 4) is 0 Å². The average Bonchev–Trinajstić information content (AvgIpc) is 3.03. The summed E-state index contributed by atoms with van der Waals surface area (Å²) in [5, 5.41) is 3.13. The Kier molecular flexibility index (Phi) is 6.05. The van der Waals surface area contributed by atoms with Gasteiger partial charge in [-0.3, -0.25) is 4.79 Å². The highest BCUT2D eigenvalue weighted by Crippen LogP contribution is 2.19. The van der Waals surface area contributed by atoms with Gasteiger partial charge in [-0.05, 0) is 57.4 Å². The van der Waals surface area contributed by atoms with Crippen LogP contribution in [0.15, 0.2) is 29.8 Å². The second-order valence-corrected chi connectivity index (χ2v) is 6.05. The predicted octanol–water partition coefficient (Wildman–Crippen LogP) is 3.99. The molecule has 3 heteroatoms. The lowest BCUT2D eigenvalue weighted by atomic mass is 10.1. The van der Waals surface area contributed by atoms with Crippen molar-refractivity contribution in [2.45, 2.75) is 52.5 Å². The first-order chi connectivity index (χ1) is 10.6. The van der Waals surface area contributed by atoms with Crippen LogP contribution in [0.5, 0.6) is 0 Å². The minimum Gasteiger partial charge on any atom is -0.372 e. The van der Waals surface area contributed by atoms with Gasteiger partial charge in [0.05, 0.1) is 0 Å². The number of nitrogens with one attached hydrogen (secondary N) is 1. The Balaban J connectivity index is 1.99. The molecule has 0 unspecified atom stereocenters. The zero-order valence-corrected chi connectivity index (χ0v) is 14.1. The number of amides is 1. The van der Waals surface area contributed by atoms with E-state index >= 15 is 0 Å². The fraction of sp³-hybridized carbons (Fsp3) is 0.526. The molecule has 1 aliphatic carbocycles. The molecule has 0 saturated heterocycles. The van der Waals surface area contributed by atoms with Crippen molar-refractivity contribution in [2.75, 3.05) is 18.0 Å². The van der Waals surface area contributed by atoms with E-state index in [1.807, 2.05) is 13.0 Å². The molecule has 0 spiro atoms. The van der Waals surface area contributed by atoms with Crippen molar-refractivity contribution in [2.24, 2.45) is 0 Å². The van der Waals surface area contributed by atoms with E-state index in [2.05, 4.69) is 48.3 Å². The number of nitrogens with zero attached hydrogens (tertiary/aromatic N) is 1. The number of carbonyl (C=O) groups is 1. The van der Waals surface area contributed by atoms with Gasteiger partial charge >= 0.3 is 0 Å². The molecule has 0 bridgehead atoms. The monoisotopic (exact) mass is 300 g/mol. The molecule has 0 heterocycles. The molecule has 0 aromatic heterocycles. The third kappa shape index (κ3) is 4.36. The summed E-state index contributed by atoms with van der Waals surface area (Å²) in [5.74, 6) is 0.0692. The fourth-order valence-electron chi connectivity index (χ4n) is 3.06. The minimum atomic E-state index is 0.0692. The maximum absolute atomic E-state index is 12.2. The average molecular weight is 300 g/mol. The van der Waals surface area contributed by atoms with Gasteiger partial charge in [0.15, 0.2) is 0 Å². The molecule has 1 fully saturated rings. The van der Waals surface area contributed by atoms with E-state index in [0.29, 0.717) is 6.04 Å². The lowest BCUT2D eigenvalue weighted by Gasteiger charge is -2.20. The number of hydrogen-bond donors (Lipinski definition) is 1. The molecule has 1 saturated carbocycles. The van der Waals surface area contributed by atoms with Gasteiger partial charge in [0, 0.05) is 30.4 Å². The van der Waals surface area contributed by atoms with E-state index in [0.717, 1.165) is 37.1 Å². The molecule has 1 aromatic carbocycles. The molecule has 1 amide bonds. The number of hydrogen-bond acceptors (Lipinski definition) is 2. The van der Waals surface area contributed by atoms with Crippen molar-refractivity contribution in [3.63, 3.8) is 0 Å². The van der Waals surface area contributed by atoms with E-state index in [1.165, 1.54) is 18.5 Å². The van der Waals surface area contributed by atoms with Crippen LogP contribution < -0.4 is 10.2 Å². The third-order valence-corrected chi connectivity index (χ3v) is 4.45. The molecule has 22 heavy (non-hydrogen) atoms. The standard InChI is InChI=1S/C19H28N2O/c1-4-21(5-2)18-12-10-16(11-13-18)14-15(3)19(22)20-17-8-6-7-9-17/h10-14,17H,4-9H2,1-3H3,(H,20,22)/b15-14-. The first-order valence-electron chi connectivity index (χ1n) is 8.48. The highest BCUT2D eigenvalue weighted by atomic mass is 16.1. The number of carbonyl (C=O) groups excluding carboxylic acids is 1. The molecule has 0 atom stereocenters. The Morgan fingerprint density at radius 2 is 1.77 bits per heavy atom. The van der Waals surface area contributed by atoms with Gasteiger partial charge in [-0.1, -0.05) is 25.0 Å². The second-order valence-electron chi connectivity index (χ2n) is 6.05. The van der Waals surface area contributed by atoms with Crippen molar-refractivity contribution >= 4 is 17.7 Å². The highest BCUT2D eigenvalue weighted by molar-refractivity contribution is 5.97. The molecule has 2 rings (SSSR count). The van der Waals surface area contributed by atoms with Gasteiger partial charge in [-0.15, -0.1) is 0 Å². The van der Waals surface area contributed by atoms with Gasteiger partial charge in [-0.2, -0.15) is 0 Å². The summed E-state index contributed by atoms with van der Waals surface area (Å²) in [6.45, 7) is 8.23. The van der Waals surface area contributed by atoms with Gasteiger partial charge in [-0.25, -0.2) is 0 Å². The first-order valence-corrected chi connectivity index (χ1v) is 8.48. The number of rotatable bonds is 6. The van der Waals surface area contributed by atoms with Crippen molar-refractivity contribution in [1.29, 1.82) is 0 Å². The second kappa shape index (κ2) is 8.02. The number of benzene rings is 1. The van der Waals surface area contributed by atoms with Crippen LogP contribution in [-0.2, 0) is 4.79 Å². The summed E-state index contributed by atoms with van der Waals surface area (Å²) < 4.78 is 0. The third-order valence-electron chi connectivity index (χ3n) is 4.45. The summed E-state index contributed by atoms with van der Waals surface area (Å²) in [6.07, 6.45) is 6.69. The van der Waals surface area contributed by atoms with Crippen LogP contribution in [0.25, 0.3) is 6.08 Å². The van der Waals surface area contributed by atoms with Gasteiger partial charge in [0.25, 0.3) is 0 Å². The van der Waals surface area contributed by atoms with Crippen LogP contribution in [-0.4, -0.2) is 25.0 Å². The van der Waals surface area contributed by atoms with Crippen LogP contribution in [0.3, 0.4) is 0 Å². The van der Waals surface area contributed by atoms with E-state index in [9.17, 15) is 4.79 Å². The SMILES string of the molecule is CCN(CC)c1ccc(/C=C(/C)C(=O)NC2CCCC2)cc1. The largest absolute Gasteiger partial charge is 0.372 e. The highest BCUT2D eigenvalue weighted by Gasteiger charge is 2.17.